The largest absolute Gasteiger partial charge is 0.399 e. The minimum Gasteiger partial charge on any atom is -0.399 e. The van der Waals surface area contributed by atoms with Crippen molar-refractivity contribution in [2.75, 3.05) is 18.0 Å². The molecule has 2 aromatic rings. The molecule has 0 aliphatic carbocycles. The number of sulfonamides is 1. The van der Waals surface area contributed by atoms with Crippen molar-refractivity contribution < 1.29 is 8.42 Å². The van der Waals surface area contributed by atoms with E-state index in [2.05, 4.69) is 4.72 Å². The molecule has 0 unspecified atom stereocenters. The van der Waals surface area contributed by atoms with Gasteiger partial charge in [0.2, 0.25) is 10.0 Å². The number of nitrogen functional groups attached to an aromatic ring is 1. The molecule has 0 radical (unpaired) electrons. The molecule has 0 bridgehead atoms. The number of nitrogens with one attached hydrogen (secondary N) is 1. The lowest BCUT2D eigenvalue weighted by molar-refractivity contribution is 0.583. The summed E-state index contributed by atoms with van der Waals surface area (Å²) in [4.78, 5) is 1.40. The van der Waals surface area contributed by atoms with Crippen LogP contribution in [-0.2, 0) is 10.0 Å². The van der Waals surface area contributed by atoms with Gasteiger partial charge in [-0.2, -0.15) is 0 Å². The predicted molar refractivity (Wildman–Crippen MR) is 87.9 cm³/mol. The Morgan fingerprint density at radius 3 is 2.52 bits per heavy atom. The van der Waals surface area contributed by atoms with Crippen LogP contribution in [-0.4, -0.2) is 20.7 Å². The number of anilines is 1. The summed E-state index contributed by atoms with van der Waals surface area (Å²) in [5, 5.41) is 0. The Morgan fingerprint density at radius 2 is 1.86 bits per heavy atom. The third kappa shape index (κ3) is 4.49. The van der Waals surface area contributed by atoms with Crippen LogP contribution in [0.3, 0.4) is 0 Å². The molecule has 0 saturated carbocycles. The summed E-state index contributed by atoms with van der Waals surface area (Å²) in [5.74, 6) is 0.678. The highest BCUT2D eigenvalue weighted by atomic mass is 32.2. The van der Waals surface area contributed by atoms with Gasteiger partial charge in [-0.1, -0.05) is 18.2 Å². The predicted octanol–water partition coefficient (Wildman–Crippen LogP) is 2.65. The standard InChI is InChI=1S/C15H18N2O2S2/c1-12-11-13(16)7-8-15(12)21(18,19)17-9-10-20-14-5-3-2-4-6-14/h2-8,11,17H,9-10,16H2,1H3. The monoisotopic (exact) mass is 322 g/mol. The van der Waals surface area contributed by atoms with Gasteiger partial charge in [0.05, 0.1) is 4.90 Å². The van der Waals surface area contributed by atoms with E-state index in [0.29, 0.717) is 23.5 Å². The number of nitrogens with two attached hydrogens (primary N) is 1. The number of thioether (sulfide) groups is 1. The second kappa shape index (κ2) is 6.98. The Bertz CT molecular complexity index is 701. The number of hydrogen-bond donors (Lipinski definition) is 2. The Kier molecular flexibility index (Phi) is 5.27. The molecule has 6 heteroatoms. The van der Waals surface area contributed by atoms with Crippen LogP contribution in [0.25, 0.3) is 0 Å². The smallest absolute Gasteiger partial charge is 0.240 e. The fraction of sp³-hybridized carbons (Fsp3) is 0.200. The van der Waals surface area contributed by atoms with E-state index in [4.69, 9.17) is 5.73 Å². The summed E-state index contributed by atoms with van der Waals surface area (Å²) in [6, 6.07) is 14.7. The summed E-state index contributed by atoms with van der Waals surface area (Å²) in [7, 11) is -3.48. The van der Waals surface area contributed by atoms with Gasteiger partial charge >= 0.3 is 0 Å². The molecule has 2 aromatic carbocycles. The van der Waals surface area contributed by atoms with Crippen LogP contribution in [0.5, 0.6) is 0 Å². The number of benzene rings is 2. The van der Waals surface area contributed by atoms with Crippen molar-refractivity contribution in [1.29, 1.82) is 0 Å². The molecule has 0 fully saturated rings. The second-order valence-electron chi connectivity index (χ2n) is 4.58. The highest BCUT2D eigenvalue weighted by molar-refractivity contribution is 7.99. The lowest BCUT2D eigenvalue weighted by Crippen LogP contribution is -2.26. The average molecular weight is 322 g/mol. The topological polar surface area (TPSA) is 72.2 Å². The van der Waals surface area contributed by atoms with Crippen LogP contribution in [0.2, 0.25) is 0 Å². The number of rotatable bonds is 6. The molecule has 0 amide bonds. The summed E-state index contributed by atoms with van der Waals surface area (Å²) in [5.41, 5.74) is 6.85. The summed E-state index contributed by atoms with van der Waals surface area (Å²) < 4.78 is 27.0. The highest BCUT2D eigenvalue weighted by Crippen LogP contribution is 2.19. The van der Waals surface area contributed by atoms with Crippen LogP contribution < -0.4 is 10.5 Å². The summed E-state index contributed by atoms with van der Waals surface area (Å²) >= 11 is 1.62. The van der Waals surface area contributed by atoms with E-state index in [1.807, 2.05) is 30.3 Å². The van der Waals surface area contributed by atoms with E-state index in [-0.39, 0.29) is 4.90 Å². The van der Waals surface area contributed by atoms with Gasteiger partial charge in [0.15, 0.2) is 0 Å². The number of aryl methyl sites for hydroxylation is 1. The summed E-state index contributed by atoms with van der Waals surface area (Å²) in [6.07, 6.45) is 0. The quantitative estimate of drug-likeness (QED) is 0.487. The first-order valence-electron chi connectivity index (χ1n) is 6.53. The molecule has 4 nitrogen and oxygen atoms in total. The Hall–Kier alpha value is -1.50. The Balaban J connectivity index is 1.92. The minimum absolute atomic E-state index is 0.279. The summed E-state index contributed by atoms with van der Waals surface area (Å²) in [6.45, 7) is 2.12. The van der Waals surface area contributed by atoms with Crippen molar-refractivity contribution in [1.82, 2.24) is 4.72 Å². The molecule has 0 heterocycles. The van der Waals surface area contributed by atoms with Gasteiger partial charge < -0.3 is 5.73 Å². The van der Waals surface area contributed by atoms with Crippen molar-refractivity contribution in [3.8, 4) is 0 Å². The second-order valence-corrected chi connectivity index (χ2v) is 7.49. The van der Waals surface area contributed by atoms with Gasteiger partial charge in [0.1, 0.15) is 0 Å². The third-order valence-corrected chi connectivity index (χ3v) is 5.53. The minimum atomic E-state index is -3.48. The maximum Gasteiger partial charge on any atom is 0.240 e. The van der Waals surface area contributed by atoms with E-state index in [9.17, 15) is 8.42 Å². The molecular formula is C15H18N2O2S2. The number of hydrogen-bond acceptors (Lipinski definition) is 4. The Morgan fingerprint density at radius 1 is 1.14 bits per heavy atom. The molecular weight excluding hydrogens is 304 g/mol. The highest BCUT2D eigenvalue weighted by Gasteiger charge is 2.15. The van der Waals surface area contributed by atoms with Crippen LogP contribution in [0.15, 0.2) is 58.3 Å². The van der Waals surface area contributed by atoms with Crippen LogP contribution in [0, 0.1) is 6.92 Å². The molecule has 0 saturated heterocycles. The lowest BCUT2D eigenvalue weighted by atomic mass is 10.2. The molecule has 3 N–H and O–H groups in total. The van der Waals surface area contributed by atoms with E-state index in [0.717, 1.165) is 4.90 Å². The first kappa shape index (κ1) is 15.9. The van der Waals surface area contributed by atoms with Gasteiger partial charge in [0, 0.05) is 22.9 Å². The molecule has 2 rings (SSSR count). The zero-order valence-electron chi connectivity index (χ0n) is 11.7. The van der Waals surface area contributed by atoms with Gasteiger partial charge in [-0.25, -0.2) is 13.1 Å². The molecule has 0 spiro atoms. The van der Waals surface area contributed by atoms with Crippen LogP contribution in [0.1, 0.15) is 5.56 Å². The fourth-order valence-electron chi connectivity index (χ4n) is 1.91. The molecule has 0 aliphatic heterocycles. The first-order valence-corrected chi connectivity index (χ1v) is 8.99. The lowest BCUT2D eigenvalue weighted by Gasteiger charge is -2.09. The first-order chi connectivity index (χ1) is 9.99. The molecule has 112 valence electrons. The van der Waals surface area contributed by atoms with Gasteiger partial charge in [-0.05, 0) is 42.8 Å². The van der Waals surface area contributed by atoms with Crippen molar-refractivity contribution in [3.63, 3.8) is 0 Å². The van der Waals surface area contributed by atoms with E-state index >= 15 is 0 Å². The molecule has 0 aliphatic rings. The van der Waals surface area contributed by atoms with E-state index in [1.165, 1.54) is 6.07 Å². The Labute approximate surface area is 129 Å². The maximum absolute atomic E-state index is 12.2. The van der Waals surface area contributed by atoms with Crippen molar-refractivity contribution in [3.05, 3.63) is 54.1 Å². The normalized spacial score (nSPS) is 11.5. The van der Waals surface area contributed by atoms with E-state index in [1.54, 1.807) is 30.8 Å². The zero-order valence-corrected chi connectivity index (χ0v) is 13.4. The van der Waals surface area contributed by atoms with Crippen LogP contribution in [0.4, 0.5) is 5.69 Å². The third-order valence-electron chi connectivity index (χ3n) is 2.89. The molecule has 0 atom stereocenters. The van der Waals surface area contributed by atoms with Crippen molar-refractivity contribution in [2.24, 2.45) is 0 Å². The van der Waals surface area contributed by atoms with Crippen LogP contribution >= 0.6 is 11.8 Å². The fourth-order valence-corrected chi connectivity index (χ4v) is 4.09. The zero-order chi connectivity index (χ0) is 15.3. The maximum atomic E-state index is 12.2. The van der Waals surface area contributed by atoms with Gasteiger partial charge in [-0.3, -0.25) is 0 Å². The van der Waals surface area contributed by atoms with Gasteiger partial charge in [-0.15, -0.1) is 11.8 Å². The van der Waals surface area contributed by atoms with E-state index < -0.39 is 10.0 Å². The molecule has 21 heavy (non-hydrogen) atoms. The SMILES string of the molecule is Cc1cc(N)ccc1S(=O)(=O)NCCSc1ccccc1. The van der Waals surface area contributed by atoms with Gasteiger partial charge in [0.25, 0.3) is 0 Å². The average Bonchev–Trinajstić information content (AvgIpc) is 2.44. The molecule has 0 aromatic heterocycles. The van der Waals surface area contributed by atoms with Crippen molar-refractivity contribution >= 4 is 27.5 Å². The van der Waals surface area contributed by atoms with Crippen molar-refractivity contribution in [2.45, 2.75) is 16.7 Å².